The highest BCUT2D eigenvalue weighted by molar-refractivity contribution is 7.10. The van der Waals surface area contributed by atoms with E-state index in [0.717, 1.165) is 41.7 Å². The van der Waals surface area contributed by atoms with E-state index >= 15 is 0 Å². The van der Waals surface area contributed by atoms with Crippen LogP contribution in [0.15, 0.2) is 24.3 Å². The van der Waals surface area contributed by atoms with E-state index in [1.165, 1.54) is 79.5 Å². The highest BCUT2D eigenvalue weighted by atomic mass is 32.1. The standard InChI is InChI=1S/C27H33N7S2/c1-3-23-29-25(36-31-23)34-22-9-8-18-14-19(15-27(18,22)34)32-12-10-26(11-13-32)16-33(24-28-17(2)30-35-24)21-7-5-4-6-20(21)26/h4-7,18-19,22H,3,8-16H2,1-2H3. The van der Waals surface area contributed by atoms with Crippen LogP contribution in [0.25, 0.3) is 0 Å². The SMILES string of the molecule is CCc1nsc(N2C3CCC4CC(N5CCC6(CC5)CN(c5nc(C)ns5)c5ccccc56)CC432)n1. The molecule has 0 N–H and O–H groups in total. The molecule has 3 aliphatic heterocycles. The van der Waals surface area contributed by atoms with Crippen LogP contribution in [0, 0.1) is 12.8 Å². The largest absolute Gasteiger partial charge is 0.333 e. The third kappa shape index (κ3) is 2.93. The van der Waals surface area contributed by atoms with Crippen molar-refractivity contribution in [3.05, 3.63) is 41.5 Å². The number of piperidine rings is 2. The molecule has 5 heterocycles. The lowest BCUT2D eigenvalue weighted by Gasteiger charge is -2.42. The first-order valence-electron chi connectivity index (χ1n) is 13.6. The van der Waals surface area contributed by atoms with Gasteiger partial charge in [-0.1, -0.05) is 25.1 Å². The molecule has 7 nitrogen and oxygen atoms in total. The Morgan fingerprint density at radius 3 is 2.64 bits per heavy atom. The van der Waals surface area contributed by atoms with Gasteiger partial charge in [0.15, 0.2) is 0 Å². The van der Waals surface area contributed by atoms with Gasteiger partial charge in [-0.3, -0.25) is 0 Å². The molecule has 2 aliphatic carbocycles. The van der Waals surface area contributed by atoms with Gasteiger partial charge in [0.25, 0.3) is 0 Å². The van der Waals surface area contributed by atoms with Crippen molar-refractivity contribution in [2.45, 2.75) is 81.8 Å². The molecule has 0 radical (unpaired) electrons. The number of likely N-dealkylation sites (tertiary alicyclic amines) is 1. The highest BCUT2D eigenvalue weighted by Crippen LogP contribution is 2.66. The van der Waals surface area contributed by atoms with Crippen LogP contribution in [0.4, 0.5) is 16.0 Å². The summed E-state index contributed by atoms with van der Waals surface area (Å²) < 4.78 is 9.07. The Bertz CT molecular complexity index is 1310. The van der Waals surface area contributed by atoms with Gasteiger partial charge in [0.1, 0.15) is 11.6 Å². The van der Waals surface area contributed by atoms with Crippen LogP contribution in [0.3, 0.4) is 0 Å². The average Bonchev–Trinajstić information content (AvgIpc) is 3.54. The van der Waals surface area contributed by atoms with Gasteiger partial charge in [0, 0.05) is 53.2 Å². The van der Waals surface area contributed by atoms with E-state index in [0.29, 0.717) is 11.6 Å². The normalized spacial score (nSPS) is 32.2. The van der Waals surface area contributed by atoms with Crippen molar-refractivity contribution < 1.29 is 0 Å². The fourth-order valence-corrected chi connectivity index (χ4v) is 9.97. The number of fused-ring (bicyclic) bond motifs is 2. The summed E-state index contributed by atoms with van der Waals surface area (Å²) in [6.07, 6.45) is 8.83. The van der Waals surface area contributed by atoms with Crippen molar-refractivity contribution in [1.82, 2.24) is 23.6 Å². The van der Waals surface area contributed by atoms with Crippen molar-refractivity contribution in [2.24, 2.45) is 5.92 Å². The molecule has 5 aliphatic rings. The molecule has 2 saturated heterocycles. The predicted molar refractivity (Wildman–Crippen MR) is 145 cm³/mol. The van der Waals surface area contributed by atoms with Crippen LogP contribution in [-0.4, -0.2) is 60.9 Å². The minimum atomic E-state index is 0.233. The molecule has 4 unspecified atom stereocenters. The molecule has 4 atom stereocenters. The van der Waals surface area contributed by atoms with Gasteiger partial charge in [0.05, 0.1) is 11.6 Å². The summed E-state index contributed by atoms with van der Waals surface area (Å²) in [5.41, 5.74) is 3.49. The van der Waals surface area contributed by atoms with Crippen LogP contribution in [0.2, 0.25) is 0 Å². The maximum absolute atomic E-state index is 4.88. The number of anilines is 3. The number of nitrogens with zero attached hydrogens (tertiary/aromatic N) is 7. The molecule has 1 aromatic carbocycles. The number of aryl methyl sites for hydroxylation is 2. The van der Waals surface area contributed by atoms with E-state index in [4.69, 9.17) is 9.97 Å². The maximum atomic E-state index is 4.88. The number of hydrogen-bond donors (Lipinski definition) is 0. The number of hydrogen-bond acceptors (Lipinski definition) is 9. The van der Waals surface area contributed by atoms with Crippen LogP contribution < -0.4 is 9.80 Å². The number of aromatic nitrogens is 4. The molecular weight excluding hydrogens is 486 g/mol. The number of rotatable bonds is 4. The molecule has 8 rings (SSSR count). The summed E-state index contributed by atoms with van der Waals surface area (Å²) in [7, 11) is 0. The van der Waals surface area contributed by atoms with Gasteiger partial charge < -0.3 is 14.7 Å². The third-order valence-corrected chi connectivity index (χ3v) is 11.7. The molecule has 188 valence electrons. The van der Waals surface area contributed by atoms with E-state index in [1.54, 1.807) is 11.5 Å². The van der Waals surface area contributed by atoms with Crippen molar-refractivity contribution in [2.75, 3.05) is 29.4 Å². The van der Waals surface area contributed by atoms with E-state index in [2.05, 4.69) is 54.6 Å². The Balaban J connectivity index is 1.000. The summed E-state index contributed by atoms with van der Waals surface area (Å²) in [5.74, 6) is 2.72. The van der Waals surface area contributed by atoms with Gasteiger partial charge in [0.2, 0.25) is 10.3 Å². The van der Waals surface area contributed by atoms with Crippen LogP contribution >= 0.6 is 23.1 Å². The summed E-state index contributed by atoms with van der Waals surface area (Å²) in [6, 6.07) is 10.5. The first-order chi connectivity index (χ1) is 17.6. The summed E-state index contributed by atoms with van der Waals surface area (Å²) in [5, 5.41) is 2.24. The molecule has 0 amide bonds. The fraction of sp³-hybridized carbons (Fsp3) is 0.630. The topological polar surface area (TPSA) is 61.1 Å². The second kappa shape index (κ2) is 7.71. The lowest BCUT2D eigenvalue weighted by Crippen LogP contribution is -2.48. The van der Waals surface area contributed by atoms with Gasteiger partial charge in [-0.2, -0.15) is 8.75 Å². The zero-order chi connectivity index (χ0) is 24.1. The van der Waals surface area contributed by atoms with E-state index in [-0.39, 0.29) is 5.41 Å². The van der Waals surface area contributed by atoms with Gasteiger partial charge in [-0.25, -0.2) is 9.97 Å². The van der Waals surface area contributed by atoms with Gasteiger partial charge in [-0.15, -0.1) is 0 Å². The van der Waals surface area contributed by atoms with Crippen molar-refractivity contribution in [1.29, 1.82) is 0 Å². The molecular formula is C27H33N7S2. The Morgan fingerprint density at radius 2 is 1.86 bits per heavy atom. The Kier molecular flexibility index (Phi) is 4.70. The van der Waals surface area contributed by atoms with Crippen molar-refractivity contribution in [3.8, 4) is 0 Å². The maximum Gasteiger partial charge on any atom is 0.209 e. The van der Waals surface area contributed by atoms with Gasteiger partial charge >= 0.3 is 0 Å². The van der Waals surface area contributed by atoms with Crippen molar-refractivity contribution >= 4 is 39.0 Å². The first-order valence-corrected chi connectivity index (χ1v) is 15.2. The van der Waals surface area contributed by atoms with Crippen molar-refractivity contribution in [3.63, 3.8) is 0 Å². The van der Waals surface area contributed by atoms with Crippen LogP contribution in [0.1, 0.15) is 62.7 Å². The monoisotopic (exact) mass is 519 g/mol. The van der Waals surface area contributed by atoms with E-state index < -0.39 is 0 Å². The zero-order valence-corrected chi connectivity index (χ0v) is 22.7. The Morgan fingerprint density at radius 1 is 1.03 bits per heavy atom. The van der Waals surface area contributed by atoms with Gasteiger partial charge in [-0.05, 0) is 76.1 Å². The Hall–Kier alpha value is -2.10. The summed E-state index contributed by atoms with van der Waals surface area (Å²) in [4.78, 5) is 17.6. The van der Waals surface area contributed by atoms with E-state index in [1.807, 2.05) is 6.92 Å². The molecule has 2 saturated carbocycles. The third-order valence-electron chi connectivity index (χ3n) is 10.1. The predicted octanol–water partition coefficient (Wildman–Crippen LogP) is 4.95. The second-order valence-corrected chi connectivity index (χ2v) is 13.1. The fourth-order valence-electron chi connectivity index (χ4n) is 8.40. The quantitative estimate of drug-likeness (QED) is 0.452. The minimum absolute atomic E-state index is 0.233. The molecule has 0 bridgehead atoms. The molecule has 3 aromatic rings. The molecule has 4 fully saturated rings. The van der Waals surface area contributed by atoms with Crippen LogP contribution in [-0.2, 0) is 11.8 Å². The van der Waals surface area contributed by atoms with E-state index in [9.17, 15) is 0 Å². The highest BCUT2D eigenvalue weighted by Gasteiger charge is 2.74. The average molecular weight is 520 g/mol. The summed E-state index contributed by atoms with van der Waals surface area (Å²) in [6.45, 7) is 7.59. The summed E-state index contributed by atoms with van der Waals surface area (Å²) >= 11 is 3.16. The molecule has 9 heteroatoms. The second-order valence-electron chi connectivity index (χ2n) is 11.6. The number of para-hydroxylation sites is 1. The Labute approximate surface area is 220 Å². The molecule has 36 heavy (non-hydrogen) atoms. The smallest absolute Gasteiger partial charge is 0.209 e. The number of benzene rings is 1. The zero-order valence-electron chi connectivity index (χ0n) is 21.1. The lowest BCUT2D eigenvalue weighted by molar-refractivity contribution is 0.118. The first kappa shape index (κ1) is 21.9. The molecule has 2 aromatic heterocycles. The van der Waals surface area contributed by atoms with Crippen LogP contribution in [0.5, 0.6) is 0 Å². The molecule has 2 spiro atoms. The lowest BCUT2D eigenvalue weighted by atomic mass is 9.74. The minimum Gasteiger partial charge on any atom is -0.333 e.